The van der Waals surface area contributed by atoms with Gasteiger partial charge in [0.1, 0.15) is 5.69 Å². The first kappa shape index (κ1) is 22.4. The molecule has 1 amide bonds. The van der Waals surface area contributed by atoms with Crippen LogP contribution >= 0.6 is 22.7 Å². The molecule has 0 saturated carbocycles. The minimum Gasteiger partial charge on any atom is -0.461 e. The molecule has 0 aromatic carbocycles. The lowest BCUT2D eigenvalue weighted by Crippen LogP contribution is -2.37. The van der Waals surface area contributed by atoms with Crippen LogP contribution in [0.1, 0.15) is 50.9 Å². The smallest absolute Gasteiger partial charge is 0.360 e. The van der Waals surface area contributed by atoms with Crippen LogP contribution in [-0.4, -0.2) is 51.6 Å². The SMILES string of the molecule is CCOC(=O)c1cc(-c2csc(C3CCN(C(=O)c4ccc(-c5ccccn5)s4)CC3)n2)on1. The molecule has 4 aromatic heterocycles. The lowest BCUT2D eigenvalue weighted by molar-refractivity contribution is 0.0514. The lowest BCUT2D eigenvalue weighted by atomic mass is 9.97. The van der Waals surface area contributed by atoms with Crippen molar-refractivity contribution < 1.29 is 18.8 Å². The first-order chi connectivity index (χ1) is 16.6. The molecule has 174 valence electrons. The van der Waals surface area contributed by atoms with Crippen molar-refractivity contribution in [3.8, 4) is 22.0 Å². The zero-order valence-electron chi connectivity index (χ0n) is 18.5. The molecule has 1 aliphatic rings. The van der Waals surface area contributed by atoms with Gasteiger partial charge < -0.3 is 14.2 Å². The van der Waals surface area contributed by atoms with Crippen LogP contribution in [0.5, 0.6) is 0 Å². The Morgan fingerprint density at radius 2 is 2.03 bits per heavy atom. The van der Waals surface area contributed by atoms with E-state index in [1.165, 1.54) is 11.3 Å². The third kappa shape index (κ3) is 4.64. The largest absolute Gasteiger partial charge is 0.461 e. The molecule has 10 heteroatoms. The van der Waals surface area contributed by atoms with Crippen molar-refractivity contribution >= 4 is 34.6 Å². The molecule has 8 nitrogen and oxygen atoms in total. The Hall–Kier alpha value is -3.37. The van der Waals surface area contributed by atoms with Gasteiger partial charge in [-0.3, -0.25) is 9.78 Å². The predicted octanol–water partition coefficient (Wildman–Crippen LogP) is 5.12. The summed E-state index contributed by atoms with van der Waals surface area (Å²) in [7, 11) is 0. The number of aromatic nitrogens is 3. The van der Waals surface area contributed by atoms with Crippen molar-refractivity contribution in [3.63, 3.8) is 0 Å². The van der Waals surface area contributed by atoms with E-state index in [1.54, 1.807) is 30.5 Å². The van der Waals surface area contributed by atoms with Crippen molar-refractivity contribution in [3.05, 3.63) is 63.6 Å². The molecule has 5 rings (SSSR count). The second-order valence-electron chi connectivity index (χ2n) is 7.81. The number of amides is 1. The molecule has 0 N–H and O–H groups in total. The van der Waals surface area contributed by atoms with Gasteiger partial charge in [-0.15, -0.1) is 22.7 Å². The molecular weight excluding hydrogens is 472 g/mol. The van der Waals surface area contributed by atoms with E-state index in [-0.39, 0.29) is 24.1 Å². The van der Waals surface area contributed by atoms with Crippen LogP contribution in [0.4, 0.5) is 0 Å². The van der Waals surface area contributed by atoms with Gasteiger partial charge in [0.15, 0.2) is 11.5 Å². The Kier molecular flexibility index (Phi) is 6.50. The molecule has 1 aliphatic heterocycles. The third-order valence-corrected chi connectivity index (χ3v) is 7.74. The van der Waals surface area contributed by atoms with Gasteiger partial charge in [0, 0.05) is 36.7 Å². The molecule has 0 bridgehead atoms. The average molecular weight is 495 g/mol. The highest BCUT2D eigenvalue weighted by atomic mass is 32.1. The second-order valence-corrected chi connectivity index (χ2v) is 9.79. The quantitative estimate of drug-likeness (QED) is 0.343. The van der Waals surface area contributed by atoms with E-state index < -0.39 is 5.97 Å². The number of esters is 1. The van der Waals surface area contributed by atoms with Gasteiger partial charge in [0.2, 0.25) is 0 Å². The number of hydrogen-bond acceptors (Lipinski definition) is 9. The van der Waals surface area contributed by atoms with Crippen molar-refractivity contribution in [2.45, 2.75) is 25.7 Å². The normalized spacial score (nSPS) is 14.3. The number of thiophene rings is 1. The van der Waals surface area contributed by atoms with Crippen molar-refractivity contribution in [1.82, 2.24) is 20.0 Å². The maximum Gasteiger partial charge on any atom is 0.360 e. The molecule has 0 unspecified atom stereocenters. The second kappa shape index (κ2) is 9.86. The average Bonchev–Trinajstić information content (AvgIpc) is 3.65. The van der Waals surface area contributed by atoms with E-state index in [0.29, 0.717) is 24.5 Å². The summed E-state index contributed by atoms with van der Waals surface area (Å²) in [6, 6.07) is 11.2. The number of likely N-dealkylation sites (tertiary alicyclic amines) is 1. The molecule has 1 fully saturated rings. The lowest BCUT2D eigenvalue weighted by Gasteiger charge is -2.30. The van der Waals surface area contributed by atoms with Gasteiger partial charge in [-0.05, 0) is 44.0 Å². The summed E-state index contributed by atoms with van der Waals surface area (Å²) >= 11 is 3.04. The van der Waals surface area contributed by atoms with Crippen LogP contribution in [0, 0.1) is 0 Å². The molecular formula is C24H22N4O4S2. The van der Waals surface area contributed by atoms with Gasteiger partial charge in [0.05, 0.1) is 27.1 Å². The molecule has 0 spiro atoms. The summed E-state index contributed by atoms with van der Waals surface area (Å²) in [5.74, 6) is 0.281. The molecule has 5 heterocycles. The van der Waals surface area contributed by atoms with E-state index in [2.05, 4.69) is 10.1 Å². The summed E-state index contributed by atoms with van der Waals surface area (Å²) in [5.41, 5.74) is 1.67. The summed E-state index contributed by atoms with van der Waals surface area (Å²) < 4.78 is 10.2. The highest BCUT2D eigenvalue weighted by molar-refractivity contribution is 7.17. The monoisotopic (exact) mass is 494 g/mol. The fraction of sp³-hybridized carbons (Fsp3) is 0.292. The number of thiazole rings is 1. The van der Waals surface area contributed by atoms with E-state index >= 15 is 0 Å². The molecule has 1 saturated heterocycles. The fourth-order valence-electron chi connectivity index (χ4n) is 3.87. The number of rotatable bonds is 6. The maximum atomic E-state index is 13.0. The molecule has 0 radical (unpaired) electrons. The number of nitrogens with zero attached hydrogens (tertiary/aromatic N) is 4. The Bertz CT molecular complexity index is 1290. The van der Waals surface area contributed by atoms with Crippen molar-refractivity contribution in [2.24, 2.45) is 0 Å². The minimum absolute atomic E-state index is 0.0682. The van der Waals surface area contributed by atoms with Crippen LogP contribution in [0.3, 0.4) is 0 Å². The fourth-order valence-corrected chi connectivity index (χ4v) is 5.80. The summed E-state index contributed by atoms with van der Waals surface area (Å²) in [6.07, 6.45) is 3.45. The van der Waals surface area contributed by atoms with E-state index in [9.17, 15) is 9.59 Å². The van der Waals surface area contributed by atoms with Crippen LogP contribution in [0.25, 0.3) is 22.0 Å². The summed E-state index contributed by atoms with van der Waals surface area (Å²) in [6.45, 7) is 3.39. The van der Waals surface area contributed by atoms with Crippen molar-refractivity contribution in [2.75, 3.05) is 19.7 Å². The minimum atomic E-state index is -0.511. The van der Waals surface area contributed by atoms with Crippen LogP contribution < -0.4 is 0 Å². The van der Waals surface area contributed by atoms with Crippen LogP contribution in [0.2, 0.25) is 0 Å². The van der Waals surface area contributed by atoms with Gasteiger partial charge in [0.25, 0.3) is 5.91 Å². The first-order valence-corrected chi connectivity index (χ1v) is 12.7. The Balaban J connectivity index is 1.20. The molecule has 0 atom stereocenters. The van der Waals surface area contributed by atoms with Gasteiger partial charge in [-0.1, -0.05) is 11.2 Å². The summed E-state index contributed by atoms with van der Waals surface area (Å²) in [4.78, 5) is 37.6. The van der Waals surface area contributed by atoms with E-state index in [0.717, 1.165) is 33.3 Å². The molecule has 34 heavy (non-hydrogen) atoms. The number of carbonyl (C=O) groups is 2. The Morgan fingerprint density at radius 3 is 2.79 bits per heavy atom. The standard InChI is InChI=1S/C24H22N4O4S2/c1-2-31-24(30)17-13-19(32-27-17)18-14-33-22(26-18)15-8-11-28(12-9-15)23(29)21-7-6-20(34-21)16-5-3-4-10-25-16/h3-7,10,13-15H,2,8-9,11-12H2,1H3. The van der Waals surface area contributed by atoms with Crippen LogP contribution in [0.15, 0.2) is 52.5 Å². The van der Waals surface area contributed by atoms with Crippen molar-refractivity contribution in [1.29, 1.82) is 0 Å². The molecule has 0 aliphatic carbocycles. The highest BCUT2D eigenvalue weighted by Crippen LogP contribution is 2.34. The number of ether oxygens (including phenoxy) is 1. The molecule has 4 aromatic rings. The van der Waals surface area contributed by atoms with Gasteiger partial charge in [-0.25, -0.2) is 9.78 Å². The number of carbonyl (C=O) groups excluding carboxylic acids is 2. The topological polar surface area (TPSA) is 98.4 Å². The van der Waals surface area contributed by atoms with Gasteiger partial charge in [-0.2, -0.15) is 0 Å². The van der Waals surface area contributed by atoms with E-state index in [1.807, 2.05) is 40.6 Å². The number of piperidine rings is 1. The van der Waals surface area contributed by atoms with Crippen LogP contribution in [-0.2, 0) is 4.74 Å². The Labute approximate surface area is 204 Å². The number of hydrogen-bond donors (Lipinski definition) is 0. The zero-order valence-corrected chi connectivity index (χ0v) is 20.1. The van der Waals surface area contributed by atoms with Gasteiger partial charge >= 0.3 is 5.97 Å². The maximum absolute atomic E-state index is 13.0. The summed E-state index contributed by atoms with van der Waals surface area (Å²) in [5, 5.41) is 6.69. The highest BCUT2D eigenvalue weighted by Gasteiger charge is 2.28. The zero-order chi connectivity index (χ0) is 23.5. The Morgan fingerprint density at radius 1 is 1.18 bits per heavy atom. The van der Waals surface area contributed by atoms with E-state index in [4.69, 9.17) is 14.2 Å². The predicted molar refractivity (Wildman–Crippen MR) is 129 cm³/mol. The third-order valence-electron chi connectivity index (χ3n) is 5.63. The first-order valence-electron chi connectivity index (χ1n) is 11.0. The number of pyridine rings is 1.